The highest BCUT2D eigenvalue weighted by Gasteiger charge is 2.23. The molecule has 0 aromatic heterocycles. The predicted octanol–water partition coefficient (Wildman–Crippen LogP) is 3.38. The quantitative estimate of drug-likeness (QED) is 0.876. The number of rotatable bonds is 4. The molecule has 2 aromatic carbocycles. The summed E-state index contributed by atoms with van der Waals surface area (Å²) in [6.07, 6.45) is 0.895. The van der Waals surface area contributed by atoms with Crippen LogP contribution in [0, 0.1) is 5.82 Å². The Morgan fingerprint density at radius 3 is 2.75 bits per heavy atom. The first-order chi connectivity index (χ1) is 9.74. The van der Waals surface area contributed by atoms with Crippen molar-refractivity contribution in [2.45, 2.75) is 24.0 Å². The molecular weight excluding hydrogens is 273 g/mol. The molecule has 1 unspecified atom stereocenters. The molecule has 104 valence electrons. The summed E-state index contributed by atoms with van der Waals surface area (Å²) < 4.78 is 19.0. The van der Waals surface area contributed by atoms with E-state index >= 15 is 0 Å². The number of hydrogen-bond acceptors (Lipinski definition) is 3. The molecule has 1 aliphatic rings. The van der Waals surface area contributed by atoms with Crippen LogP contribution in [0.1, 0.15) is 11.1 Å². The van der Waals surface area contributed by atoms with Crippen LogP contribution in [0.4, 0.5) is 4.39 Å². The van der Waals surface area contributed by atoms with Gasteiger partial charge in [-0.2, -0.15) is 0 Å². The predicted molar refractivity (Wildman–Crippen MR) is 79.6 cm³/mol. The van der Waals surface area contributed by atoms with Gasteiger partial charge in [-0.05, 0) is 35.9 Å². The van der Waals surface area contributed by atoms with Gasteiger partial charge < -0.3 is 10.5 Å². The smallest absolute Gasteiger partial charge is 0.123 e. The molecule has 4 heteroatoms. The van der Waals surface area contributed by atoms with Gasteiger partial charge in [0.2, 0.25) is 0 Å². The molecule has 0 saturated carbocycles. The Balaban J connectivity index is 1.58. The summed E-state index contributed by atoms with van der Waals surface area (Å²) in [4.78, 5) is 1.20. The summed E-state index contributed by atoms with van der Waals surface area (Å²) >= 11 is 1.75. The van der Waals surface area contributed by atoms with Crippen LogP contribution in [0.3, 0.4) is 0 Å². The van der Waals surface area contributed by atoms with Crippen LogP contribution in [0.15, 0.2) is 47.4 Å². The minimum Gasteiger partial charge on any atom is -0.489 e. The monoisotopic (exact) mass is 289 g/mol. The second-order valence-electron chi connectivity index (χ2n) is 4.86. The first-order valence-corrected chi connectivity index (χ1v) is 7.60. The van der Waals surface area contributed by atoms with Gasteiger partial charge in [0, 0.05) is 29.2 Å². The first-order valence-electron chi connectivity index (χ1n) is 6.61. The molecule has 2 aromatic rings. The maximum absolute atomic E-state index is 13.1. The van der Waals surface area contributed by atoms with E-state index in [0.29, 0.717) is 6.54 Å². The van der Waals surface area contributed by atoms with Gasteiger partial charge in [-0.15, -0.1) is 11.8 Å². The Hall–Kier alpha value is -1.52. The number of benzene rings is 2. The van der Waals surface area contributed by atoms with Crippen molar-refractivity contribution in [1.82, 2.24) is 0 Å². The minimum atomic E-state index is -0.196. The van der Waals surface area contributed by atoms with E-state index in [9.17, 15) is 4.39 Å². The van der Waals surface area contributed by atoms with Gasteiger partial charge in [-0.3, -0.25) is 0 Å². The topological polar surface area (TPSA) is 35.2 Å². The van der Waals surface area contributed by atoms with E-state index in [4.69, 9.17) is 10.5 Å². The fraction of sp³-hybridized carbons (Fsp3) is 0.250. The summed E-state index contributed by atoms with van der Waals surface area (Å²) in [6, 6.07) is 13.0. The summed E-state index contributed by atoms with van der Waals surface area (Å²) in [5.41, 5.74) is 7.68. The summed E-state index contributed by atoms with van der Waals surface area (Å²) in [6.45, 7) is 0.567. The Morgan fingerprint density at radius 1 is 1.20 bits per heavy atom. The zero-order valence-corrected chi connectivity index (χ0v) is 11.8. The van der Waals surface area contributed by atoms with Crippen LogP contribution < -0.4 is 10.5 Å². The standard InChI is InChI=1S/C16H16FNOS/c17-13-3-6-16-12(7-13)8-14(19-16)10-20-15-4-1-11(9-18)2-5-15/h1-7,14H,8-10,18H2. The number of thioether (sulfide) groups is 1. The van der Waals surface area contributed by atoms with Gasteiger partial charge in [0.15, 0.2) is 0 Å². The fourth-order valence-electron chi connectivity index (χ4n) is 2.29. The van der Waals surface area contributed by atoms with Crippen LogP contribution in [-0.4, -0.2) is 11.9 Å². The highest BCUT2D eigenvalue weighted by molar-refractivity contribution is 7.99. The third-order valence-corrected chi connectivity index (χ3v) is 4.50. The molecule has 0 fully saturated rings. The molecule has 2 N–H and O–H groups in total. The molecule has 3 rings (SSSR count). The summed E-state index contributed by atoms with van der Waals surface area (Å²) in [5, 5.41) is 0. The fourth-order valence-corrected chi connectivity index (χ4v) is 3.19. The van der Waals surface area contributed by atoms with E-state index in [1.54, 1.807) is 23.9 Å². The lowest BCUT2D eigenvalue weighted by atomic mass is 10.1. The van der Waals surface area contributed by atoms with Crippen molar-refractivity contribution in [3.05, 3.63) is 59.4 Å². The molecule has 0 bridgehead atoms. The Labute approximate surface area is 122 Å². The van der Waals surface area contributed by atoms with E-state index in [0.717, 1.165) is 29.1 Å². The highest BCUT2D eigenvalue weighted by Crippen LogP contribution is 2.32. The lowest BCUT2D eigenvalue weighted by molar-refractivity contribution is 0.259. The first kappa shape index (κ1) is 13.5. The molecule has 1 atom stereocenters. The number of halogens is 1. The van der Waals surface area contributed by atoms with Crippen molar-refractivity contribution in [3.8, 4) is 5.75 Å². The van der Waals surface area contributed by atoms with Gasteiger partial charge >= 0.3 is 0 Å². The average molecular weight is 289 g/mol. The number of ether oxygens (including phenoxy) is 1. The van der Waals surface area contributed by atoms with Crippen molar-refractivity contribution in [2.24, 2.45) is 5.73 Å². The Kier molecular flexibility index (Phi) is 3.94. The number of hydrogen-bond donors (Lipinski definition) is 1. The minimum absolute atomic E-state index is 0.117. The third kappa shape index (κ3) is 2.97. The maximum Gasteiger partial charge on any atom is 0.123 e. The largest absolute Gasteiger partial charge is 0.489 e. The van der Waals surface area contributed by atoms with Crippen molar-refractivity contribution >= 4 is 11.8 Å². The van der Waals surface area contributed by atoms with E-state index in [1.807, 2.05) is 12.1 Å². The highest BCUT2D eigenvalue weighted by atomic mass is 32.2. The van der Waals surface area contributed by atoms with Gasteiger partial charge in [-0.1, -0.05) is 12.1 Å². The maximum atomic E-state index is 13.1. The van der Waals surface area contributed by atoms with E-state index in [1.165, 1.54) is 11.0 Å². The van der Waals surface area contributed by atoms with Gasteiger partial charge in [0.1, 0.15) is 17.7 Å². The molecule has 0 amide bonds. The lowest BCUT2D eigenvalue weighted by Crippen LogP contribution is -2.15. The summed E-state index contributed by atoms with van der Waals surface area (Å²) in [5.74, 6) is 1.48. The molecule has 0 spiro atoms. The van der Waals surface area contributed by atoms with Crippen molar-refractivity contribution in [1.29, 1.82) is 0 Å². The Morgan fingerprint density at radius 2 is 2.00 bits per heavy atom. The lowest BCUT2D eigenvalue weighted by Gasteiger charge is -2.10. The zero-order valence-electron chi connectivity index (χ0n) is 11.0. The zero-order chi connectivity index (χ0) is 13.9. The third-order valence-electron chi connectivity index (χ3n) is 3.36. The normalized spacial score (nSPS) is 16.8. The van der Waals surface area contributed by atoms with Crippen LogP contribution >= 0.6 is 11.8 Å². The van der Waals surface area contributed by atoms with Crippen LogP contribution in [-0.2, 0) is 13.0 Å². The molecule has 0 aliphatic carbocycles. The van der Waals surface area contributed by atoms with E-state index in [-0.39, 0.29) is 11.9 Å². The Bertz CT molecular complexity index is 600. The molecule has 0 saturated heterocycles. The van der Waals surface area contributed by atoms with Crippen molar-refractivity contribution < 1.29 is 9.13 Å². The molecule has 1 aliphatic heterocycles. The second-order valence-corrected chi connectivity index (χ2v) is 5.95. The van der Waals surface area contributed by atoms with Crippen molar-refractivity contribution in [2.75, 3.05) is 5.75 Å². The van der Waals surface area contributed by atoms with Gasteiger partial charge in [0.05, 0.1) is 0 Å². The van der Waals surface area contributed by atoms with Crippen LogP contribution in [0.2, 0.25) is 0 Å². The molecule has 1 heterocycles. The van der Waals surface area contributed by atoms with Gasteiger partial charge in [0.25, 0.3) is 0 Å². The number of fused-ring (bicyclic) bond motifs is 1. The van der Waals surface area contributed by atoms with Crippen LogP contribution in [0.25, 0.3) is 0 Å². The molecule has 2 nitrogen and oxygen atoms in total. The summed E-state index contributed by atoms with van der Waals surface area (Å²) in [7, 11) is 0. The van der Waals surface area contributed by atoms with Crippen LogP contribution in [0.5, 0.6) is 5.75 Å². The average Bonchev–Trinajstić information content (AvgIpc) is 2.87. The van der Waals surface area contributed by atoms with E-state index < -0.39 is 0 Å². The molecule has 20 heavy (non-hydrogen) atoms. The molecule has 0 radical (unpaired) electrons. The van der Waals surface area contributed by atoms with E-state index in [2.05, 4.69) is 12.1 Å². The van der Waals surface area contributed by atoms with Crippen molar-refractivity contribution in [3.63, 3.8) is 0 Å². The SMILES string of the molecule is NCc1ccc(SCC2Cc3cc(F)ccc3O2)cc1. The van der Waals surface area contributed by atoms with Gasteiger partial charge in [-0.25, -0.2) is 4.39 Å². The molecular formula is C16H16FNOS. The number of nitrogens with two attached hydrogens (primary N) is 1. The second kappa shape index (κ2) is 5.85.